The molecule has 0 aliphatic rings. The van der Waals surface area contributed by atoms with Crippen molar-refractivity contribution in [2.24, 2.45) is 0 Å². The average molecular weight is 251 g/mol. The molecule has 1 aromatic rings. The maximum atomic E-state index is 9.02. The van der Waals surface area contributed by atoms with Crippen LogP contribution in [0.5, 0.6) is 0 Å². The molecule has 1 aromatic heterocycles. The first kappa shape index (κ1) is 15.1. The minimum atomic E-state index is 0.242. The van der Waals surface area contributed by atoms with E-state index in [4.69, 9.17) is 5.11 Å². The van der Waals surface area contributed by atoms with Gasteiger partial charge in [-0.15, -0.1) is 0 Å². The van der Waals surface area contributed by atoms with Crippen LogP contribution >= 0.6 is 0 Å². The van der Waals surface area contributed by atoms with Crippen molar-refractivity contribution >= 4 is 0 Å². The van der Waals surface area contributed by atoms with E-state index in [1.54, 1.807) is 0 Å². The van der Waals surface area contributed by atoms with Gasteiger partial charge in [-0.2, -0.15) is 0 Å². The van der Waals surface area contributed by atoms with Crippen molar-refractivity contribution in [3.8, 4) is 0 Å². The summed E-state index contributed by atoms with van der Waals surface area (Å²) in [6.45, 7) is 5.23. The molecule has 0 fully saturated rings. The molecule has 1 atom stereocenters. The van der Waals surface area contributed by atoms with Gasteiger partial charge in [-0.1, -0.05) is 13.0 Å². The van der Waals surface area contributed by atoms with Crippen LogP contribution in [0.1, 0.15) is 19.0 Å². The van der Waals surface area contributed by atoms with Crippen molar-refractivity contribution in [3.63, 3.8) is 0 Å². The van der Waals surface area contributed by atoms with Crippen LogP contribution in [-0.4, -0.2) is 54.3 Å². The summed E-state index contributed by atoms with van der Waals surface area (Å²) in [6.07, 6.45) is 3.61. The Morgan fingerprint density at radius 2 is 2.28 bits per heavy atom. The highest BCUT2D eigenvalue weighted by Crippen LogP contribution is 1.99. The van der Waals surface area contributed by atoms with Crippen LogP contribution in [-0.2, 0) is 6.42 Å². The lowest BCUT2D eigenvalue weighted by Crippen LogP contribution is -2.40. The Morgan fingerprint density at radius 1 is 1.44 bits per heavy atom. The van der Waals surface area contributed by atoms with Gasteiger partial charge in [0.05, 0.1) is 0 Å². The lowest BCUT2D eigenvalue weighted by molar-refractivity contribution is 0.231. The van der Waals surface area contributed by atoms with Crippen LogP contribution in [0.3, 0.4) is 0 Å². The molecule has 0 radical (unpaired) electrons. The van der Waals surface area contributed by atoms with Gasteiger partial charge in [0.25, 0.3) is 0 Å². The van der Waals surface area contributed by atoms with E-state index in [0.717, 1.165) is 38.2 Å². The zero-order valence-electron chi connectivity index (χ0n) is 11.5. The van der Waals surface area contributed by atoms with Gasteiger partial charge in [-0.05, 0) is 32.1 Å². The number of likely N-dealkylation sites (N-methyl/N-ethyl adjacent to an activating group) is 2. The smallest absolute Gasteiger partial charge is 0.0446 e. The second kappa shape index (κ2) is 9.03. The van der Waals surface area contributed by atoms with E-state index in [-0.39, 0.29) is 6.61 Å². The predicted octanol–water partition coefficient (Wildman–Crippen LogP) is 0.916. The molecular formula is C14H25N3O. The number of aliphatic hydroxyl groups is 1. The van der Waals surface area contributed by atoms with E-state index in [0.29, 0.717) is 6.04 Å². The molecule has 2 N–H and O–H groups in total. The van der Waals surface area contributed by atoms with Crippen LogP contribution in [0.25, 0.3) is 0 Å². The summed E-state index contributed by atoms with van der Waals surface area (Å²) in [4.78, 5) is 6.61. The van der Waals surface area contributed by atoms with Gasteiger partial charge in [0.1, 0.15) is 0 Å². The van der Waals surface area contributed by atoms with E-state index in [2.05, 4.69) is 35.2 Å². The summed E-state index contributed by atoms with van der Waals surface area (Å²) in [7, 11) is 2.12. The largest absolute Gasteiger partial charge is 0.396 e. The number of hydrogen-bond donors (Lipinski definition) is 2. The van der Waals surface area contributed by atoms with Gasteiger partial charge in [0, 0.05) is 44.0 Å². The monoisotopic (exact) mass is 251 g/mol. The molecule has 0 spiro atoms. The zero-order valence-corrected chi connectivity index (χ0v) is 11.5. The zero-order chi connectivity index (χ0) is 13.2. The van der Waals surface area contributed by atoms with Gasteiger partial charge in [0.15, 0.2) is 0 Å². The van der Waals surface area contributed by atoms with Crippen LogP contribution in [0, 0.1) is 0 Å². The van der Waals surface area contributed by atoms with E-state index in [1.807, 2.05) is 18.3 Å². The summed E-state index contributed by atoms with van der Waals surface area (Å²) in [6, 6.07) is 6.39. The fourth-order valence-corrected chi connectivity index (χ4v) is 2.02. The van der Waals surface area contributed by atoms with Crippen LogP contribution in [0.4, 0.5) is 0 Å². The van der Waals surface area contributed by atoms with Gasteiger partial charge < -0.3 is 15.3 Å². The second-order valence-electron chi connectivity index (χ2n) is 4.60. The first-order chi connectivity index (χ1) is 8.76. The first-order valence-corrected chi connectivity index (χ1v) is 6.69. The average Bonchev–Trinajstić information content (AvgIpc) is 2.38. The molecule has 1 unspecified atom stereocenters. The maximum Gasteiger partial charge on any atom is 0.0446 e. The van der Waals surface area contributed by atoms with Gasteiger partial charge in [0.2, 0.25) is 0 Å². The maximum absolute atomic E-state index is 9.02. The molecular weight excluding hydrogens is 226 g/mol. The molecule has 0 aliphatic carbocycles. The fourth-order valence-electron chi connectivity index (χ4n) is 2.02. The molecule has 4 nitrogen and oxygen atoms in total. The summed E-state index contributed by atoms with van der Waals surface area (Å²) >= 11 is 0. The summed E-state index contributed by atoms with van der Waals surface area (Å²) in [5.41, 5.74) is 1.13. The topological polar surface area (TPSA) is 48.4 Å². The Bertz CT molecular complexity index is 299. The second-order valence-corrected chi connectivity index (χ2v) is 4.60. The summed E-state index contributed by atoms with van der Waals surface area (Å²) < 4.78 is 0. The Balaban J connectivity index is 2.29. The highest BCUT2D eigenvalue weighted by Gasteiger charge is 2.09. The van der Waals surface area contributed by atoms with Crippen molar-refractivity contribution < 1.29 is 5.11 Å². The van der Waals surface area contributed by atoms with Crippen LogP contribution in [0.15, 0.2) is 24.4 Å². The predicted molar refractivity (Wildman–Crippen MR) is 74.6 cm³/mol. The normalized spacial score (nSPS) is 12.9. The number of nitrogens with zero attached hydrogens (tertiary/aromatic N) is 2. The highest BCUT2D eigenvalue weighted by molar-refractivity contribution is 5.03. The number of hydrogen-bond acceptors (Lipinski definition) is 4. The van der Waals surface area contributed by atoms with Crippen molar-refractivity contribution in [2.75, 3.05) is 33.3 Å². The van der Waals surface area contributed by atoms with Crippen molar-refractivity contribution in [3.05, 3.63) is 30.1 Å². The molecule has 0 aliphatic heterocycles. The number of nitrogens with one attached hydrogen (secondary N) is 1. The Labute approximate surface area is 110 Å². The van der Waals surface area contributed by atoms with E-state index in [1.165, 1.54) is 0 Å². The minimum absolute atomic E-state index is 0.242. The molecule has 0 bridgehead atoms. The SMILES string of the molecule is CCNC(CCO)CN(C)CCc1ccccn1. The van der Waals surface area contributed by atoms with Crippen LogP contribution < -0.4 is 5.32 Å². The van der Waals surface area contributed by atoms with E-state index in [9.17, 15) is 0 Å². The third-order valence-corrected chi connectivity index (χ3v) is 2.98. The molecule has 18 heavy (non-hydrogen) atoms. The highest BCUT2D eigenvalue weighted by atomic mass is 16.3. The number of pyridine rings is 1. The lowest BCUT2D eigenvalue weighted by atomic mass is 10.2. The number of rotatable bonds is 9. The molecule has 4 heteroatoms. The van der Waals surface area contributed by atoms with E-state index >= 15 is 0 Å². The van der Waals surface area contributed by atoms with Crippen molar-refractivity contribution in [2.45, 2.75) is 25.8 Å². The van der Waals surface area contributed by atoms with Gasteiger partial charge in [-0.3, -0.25) is 4.98 Å². The third-order valence-electron chi connectivity index (χ3n) is 2.98. The minimum Gasteiger partial charge on any atom is -0.396 e. The first-order valence-electron chi connectivity index (χ1n) is 6.69. The Morgan fingerprint density at radius 3 is 2.89 bits per heavy atom. The van der Waals surface area contributed by atoms with Gasteiger partial charge in [-0.25, -0.2) is 0 Å². The standard InChI is InChI=1S/C14H25N3O/c1-3-15-14(8-11-18)12-17(2)10-7-13-6-4-5-9-16-13/h4-6,9,14-15,18H,3,7-8,10-12H2,1-2H3. The fraction of sp³-hybridized carbons (Fsp3) is 0.643. The number of aromatic nitrogens is 1. The van der Waals surface area contributed by atoms with Crippen LogP contribution in [0.2, 0.25) is 0 Å². The summed E-state index contributed by atoms with van der Waals surface area (Å²) in [5.74, 6) is 0. The van der Waals surface area contributed by atoms with Crippen molar-refractivity contribution in [1.29, 1.82) is 0 Å². The molecule has 1 rings (SSSR count). The Kier molecular flexibility index (Phi) is 7.57. The quantitative estimate of drug-likeness (QED) is 0.685. The van der Waals surface area contributed by atoms with E-state index < -0.39 is 0 Å². The summed E-state index contributed by atoms with van der Waals surface area (Å²) in [5, 5.41) is 12.4. The molecule has 0 aromatic carbocycles. The molecule has 0 saturated heterocycles. The van der Waals surface area contributed by atoms with Crippen molar-refractivity contribution in [1.82, 2.24) is 15.2 Å². The molecule has 0 saturated carbocycles. The molecule has 1 heterocycles. The lowest BCUT2D eigenvalue weighted by Gasteiger charge is -2.24. The molecule has 0 amide bonds. The molecule has 102 valence electrons. The number of aliphatic hydroxyl groups excluding tert-OH is 1. The third kappa shape index (κ3) is 6.10. The Hall–Kier alpha value is -0.970. The van der Waals surface area contributed by atoms with Gasteiger partial charge >= 0.3 is 0 Å².